The monoisotopic (exact) mass is 536 g/mol. The van der Waals surface area contributed by atoms with Crippen molar-refractivity contribution in [1.82, 2.24) is 4.90 Å². The third kappa shape index (κ3) is 2.41. The van der Waals surface area contributed by atoms with Gasteiger partial charge in [0.1, 0.15) is 11.0 Å². The smallest absolute Gasteiger partial charge is 0.237 e. The lowest BCUT2D eigenvalue weighted by Crippen LogP contribution is -2.54. The van der Waals surface area contributed by atoms with Gasteiger partial charge >= 0.3 is 0 Å². The van der Waals surface area contributed by atoms with Crippen LogP contribution in [0.1, 0.15) is 31.8 Å². The number of nitrogens with zero attached hydrogens (tertiary/aromatic N) is 1. The van der Waals surface area contributed by atoms with Crippen LogP contribution in [-0.4, -0.2) is 36.0 Å². The number of amides is 1. The minimum absolute atomic E-state index is 0.124. The summed E-state index contributed by atoms with van der Waals surface area (Å²) in [7, 11) is 1.87. The Balaban J connectivity index is 1.58. The number of likely N-dealkylation sites (N-methyl/N-ethyl adjacent to an activating group) is 1. The molecule has 36 heavy (non-hydrogen) atoms. The molecule has 2 aliphatic heterocycles. The second-order valence-electron chi connectivity index (χ2n) is 9.94. The Bertz CT molecular complexity index is 1640. The predicted molar refractivity (Wildman–Crippen MR) is 141 cm³/mol. The van der Waals surface area contributed by atoms with Crippen LogP contribution in [0.25, 0.3) is 10.8 Å². The summed E-state index contributed by atoms with van der Waals surface area (Å²) in [5, 5.41) is 4.85. The number of ketones is 2. The van der Waals surface area contributed by atoms with Crippen molar-refractivity contribution in [3.05, 3.63) is 112 Å². The molecule has 176 valence electrons. The number of Topliss-reactive ketones (excluding diaryl/α,β-unsaturated/α-hetero) is 2. The first-order valence-corrected chi connectivity index (χ1v) is 12.7. The minimum atomic E-state index is -1.30. The Morgan fingerprint density at radius 2 is 1.61 bits per heavy atom. The van der Waals surface area contributed by atoms with Crippen LogP contribution >= 0.6 is 15.9 Å². The van der Waals surface area contributed by atoms with Crippen molar-refractivity contribution in [3.8, 4) is 0 Å². The number of benzene rings is 4. The molecular formula is C30H21BrN2O3. The number of anilines is 1. The predicted octanol–water partition coefficient (Wildman–Crippen LogP) is 5.33. The quantitative estimate of drug-likeness (QED) is 0.351. The lowest BCUT2D eigenvalue weighted by atomic mass is 9.62. The van der Waals surface area contributed by atoms with Crippen molar-refractivity contribution in [1.29, 1.82) is 0 Å². The molecule has 1 saturated heterocycles. The number of para-hydroxylation sites is 1. The van der Waals surface area contributed by atoms with Gasteiger partial charge in [0.05, 0.1) is 5.92 Å². The molecule has 3 atom stereocenters. The first-order chi connectivity index (χ1) is 17.4. The lowest BCUT2D eigenvalue weighted by Gasteiger charge is -2.38. The van der Waals surface area contributed by atoms with Gasteiger partial charge < -0.3 is 5.32 Å². The number of likely N-dealkylation sites (tertiary alicyclic amines) is 1. The maximum absolute atomic E-state index is 14.6. The molecular weight excluding hydrogens is 516 g/mol. The Labute approximate surface area is 216 Å². The number of carbonyl (C=O) groups is 3. The third-order valence-corrected chi connectivity index (χ3v) is 8.89. The normalized spacial score (nSPS) is 26.2. The van der Waals surface area contributed by atoms with E-state index in [2.05, 4.69) is 21.2 Å². The first-order valence-electron chi connectivity index (χ1n) is 11.9. The van der Waals surface area contributed by atoms with E-state index in [4.69, 9.17) is 0 Å². The van der Waals surface area contributed by atoms with E-state index in [1.807, 2.05) is 84.7 Å². The number of halogens is 1. The van der Waals surface area contributed by atoms with Gasteiger partial charge in [-0.25, -0.2) is 0 Å². The highest BCUT2D eigenvalue weighted by Crippen LogP contribution is 2.62. The van der Waals surface area contributed by atoms with E-state index in [1.165, 1.54) is 0 Å². The molecule has 4 aromatic rings. The minimum Gasteiger partial charge on any atom is -0.325 e. The van der Waals surface area contributed by atoms with Gasteiger partial charge in [0.25, 0.3) is 0 Å². The zero-order valence-electron chi connectivity index (χ0n) is 19.4. The van der Waals surface area contributed by atoms with Gasteiger partial charge in [0.15, 0.2) is 11.6 Å². The standard InChI is InChI=1S/C30H21BrN2O3/c1-33-16-29(21-9-2-3-11-23(21)32-28(29)36)26(25(34)18-12-14-19(31)15-13-18)30(33)22-10-5-7-17-6-4-8-20(24(17)22)27(30)35/h2-15,26H,16H2,1H3,(H,32,36)/t26-,29-,30-/m0/s1. The van der Waals surface area contributed by atoms with E-state index < -0.39 is 16.9 Å². The molecule has 0 saturated carbocycles. The van der Waals surface area contributed by atoms with Gasteiger partial charge in [-0.05, 0) is 47.1 Å². The number of nitrogens with one attached hydrogen (secondary N) is 1. The van der Waals surface area contributed by atoms with Crippen molar-refractivity contribution in [3.63, 3.8) is 0 Å². The number of hydrogen-bond acceptors (Lipinski definition) is 4. The number of carbonyl (C=O) groups excluding carboxylic acids is 3. The molecule has 7 rings (SSSR count). The van der Waals surface area contributed by atoms with Crippen LogP contribution in [-0.2, 0) is 15.7 Å². The van der Waals surface area contributed by atoms with E-state index >= 15 is 0 Å². The molecule has 0 bridgehead atoms. The maximum atomic E-state index is 14.6. The van der Waals surface area contributed by atoms with Crippen molar-refractivity contribution in [2.45, 2.75) is 11.0 Å². The van der Waals surface area contributed by atoms with E-state index in [9.17, 15) is 14.4 Å². The third-order valence-electron chi connectivity index (χ3n) is 8.36. The van der Waals surface area contributed by atoms with Crippen LogP contribution in [0.15, 0.2) is 89.4 Å². The second kappa shape index (κ2) is 7.21. The molecule has 1 N–H and O–H groups in total. The largest absolute Gasteiger partial charge is 0.325 e. The van der Waals surface area contributed by atoms with Crippen LogP contribution in [0.5, 0.6) is 0 Å². The molecule has 1 amide bonds. The fourth-order valence-electron chi connectivity index (χ4n) is 6.98. The van der Waals surface area contributed by atoms with E-state index in [1.54, 1.807) is 12.1 Å². The number of rotatable bonds is 2. The van der Waals surface area contributed by atoms with Crippen LogP contribution in [0.3, 0.4) is 0 Å². The fourth-order valence-corrected chi connectivity index (χ4v) is 7.25. The fraction of sp³-hybridized carbons (Fsp3) is 0.167. The summed E-state index contributed by atoms with van der Waals surface area (Å²) in [6, 6.07) is 26.3. The highest BCUT2D eigenvalue weighted by Gasteiger charge is 2.73. The van der Waals surface area contributed by atoms with Crippen LogP contribution in [0.2, 0.25) is 0 Å². The Morgan fingerprint density at radius 1 is 0.917 bits per heavy atom. The Kier molecular flexibility index (Phi) is 4.34. The topological polar surface area (TPSA) is 66.5 Å². The van der Waals surface area contributed by atoms with E-state index in [0.29, 0.717) is 16.8 Å². The number of hydrogen-bond donors (Lipinski definition) is 1. The summed E-state index contributed by atoms with van der Waals surface area (Å²) >= 11 is 3.45. The van der Waals surface area contributed by atoms with Crippen molar-refractivity contribution in [2.24, 2.45) is 5.92 Å². The second-order valence-corrected chi connectivity index (χ2v) is 10.9. The molecule has 5 nitrogen and oxygen atoms in total. The molecule has 2 heterocycles. The number of fused-ring (bicyclic) bond motifs is 3. The molecule has 6 heteroatoms. The molecule has 0 radical (unpaired) electrons. The average molecular weight is 537 g/mol. The summed E-state index contributed by atoms with van der Waals surface area (Å²) in [6.45, 7) is 0.249. The molecule has 0 unspecified atom stereocenters. The molecule has 4 aromatic carbocycles. The molecule has 1 fully saturated rings. The molecule has 0 aromatic heterocycles. The summed E-state index contributed by atoms with van der Waals surface area (Å²) < 4.78 is 0.852. The van der Waals surface area contributed by atoms with Crippen LogP contribution in [0.4, 0.5) is 5.69 Å². The van der Waals surface area contributed by atoms with E-state index in [0.717, 1.165) is 26.4 Å². The highest BCUT2D eigenvalue weighted by molar-refractivity contribution is 9.10. The summed E-state index contributed by atoms with van der Waals surface area (Å²) in [5.74, 6) is -1.53. The Hall–Kier alpha value is -3.61. The zero-order valence-corrected chi connectivity index (χ0v) is 21.0. The van der Waals surface area contributed by atoms with Gasteiger partial charge in [0, 0.05) is 27.8 Å². The van der Waals surface area contributed by atoms with Crippen LogP contribution < -0.4 is 5.32 Å². The van der Waals surface area contributed by atoms with Crippen molar-refractivity contribution in [2.75, 3.05) is 18.9 Å². The molecule has 1 aliphatic carbocycles. The zero-order chi connectivity index (χ0) is 24.8. The van der Waals surface area contributed by atoms with Crippen molar-refractivity contribution >= 4 is 49.9 Å². The van der Waals surface area contributed by atoms with Gasteiger partial charge in [0.2, 0.25) is 5.91 Å². The summed E-state index contributed by atoms with van der Waals surface area (Å²) in [5.41, 5.74) is 0.829. The summed E-state index contributed by atoms with van der Waals surface area (Å²) in [6.07, 6.45) is 0. The van der Waals surface area contributed by atoms with Gasteiger partial charge in [-0.1, -0.05) is 82.7 Å². The maximum Gasteiger partial charge on any atom is 0.237 e. The first kappa shape index (κ1) is 21.7. The van der Waals surface area contributed by atoms with Crippen LogP contribution in [0, 0.1) is 5.92 Å². The van der Waals surface area contributed by atoms with Gasteiger partial charge in [-0.2, -0.15) is 0 Å². The average Bonchev–Trinajstić information content (AvgIpc) is 3.43. The molecule has 3 aliphatic rings. The van der Waals surface area contributed by atoms with Gasteiger partial charge in [-0.3, -0.25) is 19.3 Å². The SMILES string of the molecule is CN1C[C@@]2(C(=O)Nc3ccccc32)[C@H](C(=O)c2ccc(Br)cc2)[C@@]12C(=O)c1cccc3cccc2c13. The highest BCUT2D eigenvalue weighted by atomic mass is 79.9. The molecule has 2 spiro atoms. The van der Waals surface area contributed by atoms with E-state index in [-0.39, 0.29) is 24.0 Å². The van der Waals surface area contributed by atoms with Gasteiger partial charge in [-0.15, -0.1) is 0 Å². The van der Waals surface area contributed by atoms with Crippen molar-refractivity contribution < 1.29 is 14.4 Å². The lowest BCUT2D eigenvalue weighted by molar-refractivity contribution is -0.121. The summed E-state index contributed by atoms with van der Waals surface area (Å²) in [4.78, 5) is 45.1. The Morgan fingerprint density at radius 3 is 2.39 bits per heavy atom.